The van der Waals surface area contributed by atoms with Crippen LogP contribution in [0.1, 0.15) is 24.3 Å². The molecule has 2 atom stereocenters. The second-order valence-corrected chi connectivity index (χ2v) is 5.31. The number of benzene rings is 1. The molecule has 1 aliphatic rings. The van der Waals surface area contributed by atoms with Crippen LogP contribution in [0.25, 0.3) is 0 Å². The van der Waals surface area contributed by atoms with Gasteiger partial charge in [0.15, 0.2) is 0 Å². The molecule has 0 bridgehead atoms. The van der Waals surface area contributed by atoms with Gasteiger partial charge in [0, 0.05) is 20.1 Å². The Labute approximate surface area is 120 Å². The van der Waals surface area contributed by atoms with E-state index in [1.165, 1.54) is 0 Å². The van der Waals surface area contributed by atoms with Crippen molar-refractivity contribution in [2.45, 2.75) is 18.8 Å². The van der Waals surface area contributed by atoms with Crippen LogP contribution in [-0.2, 0) is 4.79 Å². The Morgan fingerprint density at radius 1 is 1.50 bits per heavy atom. The smallest absolute Gasteiger partial charge is 0.224 e. The molecule has 1 heterocycles. The monoisotopic (exact) mass is 271 g/mol. The third-order valence-electron chi connectivity index (χ3n) is 3.92. The summed E-state index contributed by atoms with van der Waals surface area (Å²) in [4.78, 5) is 14.0. The molecular formula is C16H21N3O. The van der Waals surface area contributed by atoms with E-state index in [0.29, 0.717) is 6.54 Å². The molecule has 1 aliphatic heterocycles. The van der Waals surface area contributed by atoms with Crippen LogP contribution in [0.3, 0.4) is 0 Å². The highest BCUT2D eigenvalue weighted by molar-refractivity contribution is 5.78. The van der Waals surface area contributed by atoms with Crippen LogP contribution in [0.15, 0.2) is 30.3 Å². The summed E-state index contributed by atoms with van der Waals surface area (Å²) >= 11 is 0. The molecule has 1 amide bonds. The summed E-state index contributed by atoms with van der Waals surface area (Å²) in [5.41, 5.74) is 1.05. The standard InChI is InChI=1S/C16H21N3O/c1-18-16(20)14-8-5-9-19(11-14)12-15(10-17)13-6-3-2-4-7-13/h2-4,6-7,14-15H,5,8-9,11-12H2,1H3,(H,18,20). The molecule has 0 spiro atoms. The summed E-state index contributed by atoms with van der Waals surface area (Å²) in [7, 11) is 1.68. The molecule has 20 heavy (non-hydrogen) atoms. The zero-order chi connectivity index (χ0) is 14.4. The van der Waals surface area contributed by atoms with Crippen molar-refractivity contribution < 1.29 is 4.79 Å². The number of hydrogen-bond acceptors (Lipinski definition) is 3. The Kier molecular flexibility index (Phi) is 5.14. The van der Waals surface area contributed by atoms with Crippen LogP contribution >= 0.6 is 0 Å². The van der Waals surface area contributed by atoms with Gasteiger partial charge in [0.25, 0.3) is 0 Å². The van der Waals surface area contributed by atoms with E-state index in [1.54, 1.807) is 7.05 Å². The fourth-order valence-electron chi connectivity index (χ4n) is 2.80. The minimum absolute atomic E-state index is 0.0591. The van der Waals surface area contributed by atoms with Gasteiger partial charge in [-0.1, -0.05) is 30.3 Å². The van der Waals surface area contributed by atoms with Crippen LogP contribution in [-0.4, -0.2) is 37.5 Å². The fraction of sp³-hybridized carbons (Fsp3) is 0.500. The Morgan fingerprint density at radius 3 is 2.90 bits per heavy atom. The number of amides is 1. The van der Waals surface area contributed by atoms with Crippen molar-refractivity contribution in [1.29, 1.82) is 5.26 Å². The Balaban J connectivity index is 1.98. The van der Waals surface area contributed by atoms with E-state index in [9.17, 15) is 10.1 Å². The van der Waals surface area contributed by atoms with Crippen molar-refractivity contribution >= 4 is 5.91 Å². The van der Waals surface area contributed by atoms with E-state index < -0.39 is 0 Å². The number of carbonyl (C=O) groups excluding carboxylic acids is 1. The first kappa shape index (κ1) is 14.5. The third kappa shape index (κ3) is 3.58. The van der Waals surface area contributed by atoms with Gasteiger partial charge in [-0.3, -0.25) is 4.79 Å². The maximum Gasteiger partial charge on any atom is 0.224 e. The number of nitrogens with one attached hydrogen (secondary N) is 1. The van der Waals surface area contributed by atoms with Gasteiger partial charge < -0.3 is 10.2 Å². The number of hydrogen-bond donors (Lipinski definition) is 1. The van der Waals surface area contributed by atoms with Crippen molar-refractivity contribution in [2.75, 3.05) is 26.7 Å². The molecule has 106 valence electrons. The van der Waals surface area contributed by atoms with Gasteiger partial charge in [0.2, 0.25) is 5.91 Å². The Morgan fingerprint density at radius 2 is 2.25 bits per heavy atom. The van der Waals surface area contributed by atoms with E-state index in [0.717, 1.165) is 31.5 Å². The van der Waals surface area contributed by atoms with Crippen molar-refractivity contribution in [3.8, 4) is 6.07 Å². The van der Waals surface area contributed by atoms with Crippen molar-refractivity contribution in [1.82, 2.24) is 10.2 Å². The SMILES string of the molecule is CNC(=O)C1CCCN(CC(C#N)c2ccccc2)C1. The summed E-state index contributed by atoms with van der Waals surface area (Å²) < 4.78 is 0. The number of carbonyl (C=O) groups is 1. The molecule has 0 saturated carbocycles. The van der Waals surface area contributed by atoms with Gasteiger partial charge in [-0.2, -0.15) is 5.26 Å². The lowest BCUT2D eigenvalue weighted by atomic mass is 9.94. The molecular weight excluding hydrogens is 250 g/mol. The predicted octanol–water partition coefficient (Wildman–Crippen LogP) is 1.75. The second-order valence-electron chi connectivity index (χ2n) is 5.31. The van der Waals surface area contributed by atoms with Crippen molar-refractivity contribution in [3.05, 3.63) is 35.9 Å². The molecule has 1 aromatic carbocycles. The van der Waals surface area contributed by atoms with E-state index in [1.807, 2.05) is 30.3 Å². The Hall–Kier alpha value is -1.86. The van der Waals surface area contributed by atoms with E-state index in [2.05, 4.69) is 16.3 Å². The summed E-state index contributed by atoms with van der Waals surface area (Å²) in [6, 6.07) is 12.3. The van der Waals surface area contributed by atoms with Crippen molar-refractivity contribution in [2.24, 2.45) is 5.92 Å². The second kappa shape index (κ2) is 7.06. The highest BCUT2D eigenvalue weighted by Gasteiger charge is 2.26. The van der Waals surface area contributed by atoms with Gasteiger partial charge >= 0.3 is 0 Å². The molecule has 0 aromatic heterocycles. The first-order chi connectivity index (χ1) is 9.74. The minimum atomic E-state index is -0.125. The molecule has 1 N–H and O–H groups in total. The quantitative estimate of drug-likeness (QED) is 0.907. The summed E-state index contributed by atoms with van der Waals surface area (Å²) in [5.74, 6) is 0.0476. The van der Waals surface area contributed by atoms with Crippen LogP contribution in [0.5, 0.6) is 0 Å². The lowest BCUT2D eigenvalue weighted by molar-refractivity contribution is -0.126. The minimum Gasteiger partial charge on any atom is -0.359 e. The molecule has 4 nitrogen and oxygen atoms in total. The van der Waals surface area contributed by atoms with Crippen LogP contribution in [0.4, 0.5) is 0 Å². The van der Waals surface area contributed by atoms with Gasteiger partial charge in [0.05, 0.1) is 17.9 Å². The summed E-state index contributed by atoms with van der Waals surface area (Å²) in [5, 5.41) is 12.1. The predicted molar refractivity (Wildman–Crippen MR) is 78.0 cm³/mol. The molecule has 0 radical (unpaired) electrons. The highest BCUT2D eigenvalue weighted by Crippen LogP contribution is 2.21. The van der Waals surface area contributed by atoms with Gasteiger partial charge in [0.1, 0.15) is 0 Å². The Bertz CT molecular complexity index is 480. The largest absolute Gasteiger partial charge is 0.359 e. The molecule has 1 fully saturated rings. The topological polar surface area (TPSA) is 56.1 Å². The van der Waals surface area contributed by atoms with Gasteiger partial charge in [-0.15, -0.1) is 0 Å². The number of nitriles is 1. The van der Waals surface area contributed by atoms with E-state index >= 15 is 0 Å². The summed E-state index contributed by atoms with van der Waals surface area (Å²) in [6.07, 6.45) is 1.96. The van der Waals surface area contributed by atoms with Crippen LogP contribution in [0, 0.1) is 17.2 Å². The average molecular weight is 271 g/mol. The number of piperidine rings is 1. The highest BCUT2D eigenvalue weighted by atomic mass is 16.1. The average Bonchev–Trinajstić information content (AvgIpc) is 2.53. The maximum absolute atomic E-state index is 11.7. The maximum atomic E-state index is 11.7. The molecule has 0 aliphatic carbocycles. The molecule has 1 aromatic rings. The van der Waals surface area contributed by atoms with Crippen molar-refractivity contribution in [3.63, 3.8) is 0 Å². The number of nitrogens with zero attached hydrogens (tertiary/aromatic N) is 2. The summed E-state index contributed by atoms with van der Waals surface area (Å²) in [6.45, 7) is 2.43. The van der Waals surface area contributed by atoms with E-state index in [-0.39, 0.29) is 17.7 Å². The fourth-order valence-corrected chi connectivity index (χ4v) is 2.80. The van der Waals surface area contributed by atoms with Gasteiger partial charge in [-0.05, 0) is 24.9 Å². The number of rotatable bonds is 4. The molecule has 2 rings (SSSR count). The van der Waals surface area contributed by atoms with Crippen LogP contribution < -0.4 is 5.32 Å². The molecule has 2 unspecified atom stereocenters. The molecule has 1 saturated heterocycles. The number of likely N-dealkylation sites (tertiary alicyclic amines) is 1. The zero-order valence-corrected chi connectivity index (χ0v) is 11.9. The lowest BCUT2D eigenvalue weighted by Gasteiger charge is -2.32. The lowest BCUT2D eigenvalue weighted by Crippen LogP contribution is -2.43. The zero-order valence-electron chi connectivity index (χ0n) is 11.9. The first-order valence-electron chi connectivity index (χ1n) is 7.13. The van der Waals surface area contributed by atoms with Gasteiger partial charge in [-0.25, -0.2) is 0 Å². The third-order valence-corrected chi connectivity index (χ3v) is 3.92. The normalized spacial score (nSPS) is 20.9. The first-order valence-corrected chi connectivity index (χ1v) is 7.13. The molecule has 4 heteroatoms. The van der Waals surface area contributed by atoms with E-state index in [4.69, 9.17) is 0 Å². The van der Waals surface area contributed by atoms with Crippen LogP contribution in [0.2, 0.25) is 0 Å².